The van der Waals surface area contributed by atoms with Gasteiger partial charge in [-0.2, -0.15) is 4.98 Å². The van der Waals surface area contributed by atoms with Gasteiger partial charge in [0.2, 0.25) is 11.8 Å². The lowest BCUT2D eigenvalue weighted by Crippen LogP contribution is -2.24. The molecule has 2 atom stereocenters. The first-order chi connectivity index (χ1) is 12.9. The molecule has 0 amide bonds. The van der Waals surface area contributed by atoms with Crippen molar-refractivity contribution >= 4 is 0 Å². The van der Waals surface area contributed by atoms with Crippen LogP contribution in [0.5, 0.6) is 5.88 Å². The first-order valence-electron chi connectivity index (χ1n) is 9.68. The Labute approximate surface area is 158 Å². The van der Waals surface area contributed by atoms with Crippen LogP contribution >= 0.6 is 0 Å². The van der Waals surface area contributed by atoms with Crippen LogP contribution in [0.2, 0.25) is 0 Å². The van der Waals surface area contributed by atoms with E-state index in [1.165, 1.54) is 0 Å². The highest BCUT2D eigenvalue weighted by molar-refractivity contribution is 5.29. The van der Waals surface area contributed by atoms with Gasteiger partial charge < -0.3 is 4.74 Å². The van der Waals surface area contributed by atoms with Gasteiger partial charge in [0.15, 0.2) is 0 Å². The Hall–Kier alpha value is -2.11. The Morgan fingerprint density at radius 1 is 1.11 bits per heavy atom. The van der Waals surface area contributed by atoms with E-state index in [4.69, 9.17) is 4.74 Å². The summed E-state index contributed by atoms with van der Waals surface area (Å²) in [5, 5.41) is 0. The Balaban J connectivity index is 1.40. The molecule has 2 fully saturated rings. The normalized spacial score (nSPS) is 24.6. The van der Waals surface area contributed by atoms with Crippen LogP contribution in [0.1, 0.15) is 66.6 Å². The van der Waals surface area contributed by atoms with Gasteiger partial charge in [0, 0.05) is 48.3 Å². The summed E-state index contributed by atoms with van der Waals surface area (Å²) in [5.74, 6) is -0.410. The lowest BCUT2D eigenvalue weighted by atomic mass is 9.83. The van der Waals surface area contributed by atoms with Gasteiger partial charge in [-0.1, -0.05) is 6.07 Å². The Bertz CT molecular complexity index is 800. The van der Waals surface area contributed by atoms with E-state index in [1.807, 2.05) is 20.0 Å². The number of pyridine rings is 1. The molecule has 2 unspecified atom stereocenters. The third-order valence-corrected chi connectivity index (χ3v) is 5.73. The standard InChI is InChI=1S/C21H25F2N3O/c1-13-3-4-19(25-10-13)17-9-16(17)12-27-20-18(11-24-14(2)26-20)15-5-7-21(22,23)8-6-15/h3-4,10-11,15-17H,5-9,12H2,1-2H3. The zero-order valence-corrected chi connectivity index (χ0v) is 15.8. The van der Waals surface area contributed by atoms with Gasteiger partial charge >= 0.3 is 0 Å². The number of aromatic nitrogens is 3. The van der Waals surface area contributed by atoms with E-state index in [0.29, 0.717) is 43.0 Å². The monoisotopic (exact) mass is 373 g/mol. The summed E-state index contributed by atoms with van der Waals surface area (Å²) in [6, 6.07) is 4.17. The van der Waals surface area contributed by atoms with Crippen LogP contribution in [0.25, 0.3) is 0 Å². The van der Waals surface area contributed by atoms with Crippen molar-refractivity contribution < 1.29 is 13.5 Å². The molecule has 144 valence electrons. The maximum atomic E-state index is 13.5. The predicted octanol–water partition coefficient (Wildman–Crippen LogP) is 4.96. The average molecular weight is 373 g/mol. The molecule has 0 saturated heterocycles. The molecule has 0 spiro atoms. The number of hydrogen-bond acceptors (Lipinski definition) is 4. The summed E-state index contributed by atoms with van der Waals surface area (Å²) in [4.78, 5) is 13.2. The zero-order valence-electron chi connectivity index (χ0n) is 15.8. The Kier molecular flexibility index (Phi) is 4.82. The fourth-order valence-corrected chi connectivity index (χ4v) is 3.88. The van der Waals surface area contributed by atoms with Gasteiger partial charge in [-0.3, -0.25) is 4.98 Å². The van der Waals surface area contributed by atoms with Gasteiger partial charge in [0.25, 0.3) is 0 Å². The van der Waals surface area contributed by atoms with E-state index >= 15 is 0 Å². The first-order valence-corrected chi connectivity index (χ1v) is 9.68. The molecule has 0 N–H and O–H groups in total. The lowest BCUT2D eigenvalue weighted by molar-refractivity contribution is -0.0384. The van der Waals surface area contributed by atoms with E-state index < -0.39 is 5.92 Å². The van der Waals surface area contributed by atoms with Crippen molar-refractivity contribution in [2.24, 2.45) is 5.92 Å². The second-order valence-electron chi connectivity index (χ2n) is 7.98. The summed E-state index contributed by atoms with van der Waals surface area (Å²) >= 11 is 0. The molecule has 0 radical (unpaired) electrons. The maximum Gasteiger partial charge on any atom is 0.248 e. The quantitative estimate of drug-likeness (QED) is 0.743. The zero-order chi connectivity index (χ0) is 19.0. The van der Waals surface area contributed by atoms with Gasteiger partial charge in [0.1, 0.15) is 5.82 Å². The van der Waals surface area contributed by atoms with Crippen molar-refractivity contribution in [3.63, 3.8) is 0 Å². The summed E-state index contributed by atoms with van der Waals surface area (Å²) < 4.78 is 33.0. The van der Waals surface area contributed by atoms with Crippen LogP contribution in [-0.4, -0.2) is 27.5 Å². The first kappa shape index (κ1) is 18.3. The van der Waals surface area contributed by atoms with Gasteiger partial charge in [-0.15, -0.1) is 0 Å². The van der Waals surface area contributed by atoms with Crippen LogP contribution < -0.4 is 4.74 Å². The van der Waals surface area contributed by atoms with Gasteiger partial charge in [0.05, 0.1) is 6.61 Å². The minimum atomic E-state index is -2.54. The van der Waals surface area contributed by atoms with Crippen LogP contribution in [0.3, 0.4) is 0 Å². The van der Waals surface area contributed by atoms with E-state index in [2.05, 4.69) is 27.1 Å². The number of hydrogen-bond donors (Lipinski definition) is 0. The van der Waals surface area contributed by atoms with Crippen LogP contribution in [0, 0.1) is 19.8 Å². The number of alkyl halides is 2. The molecular weight excluding hydrogens is 348 g/mol. The van der Waals surface area contributed by atoms with Crippen molar-refractivity contribution in [2.75, 3.05) is 6.61 Å². The summed E-state index contributed by atoms with van der Waals surface area (Å²) in [7, 11) is 0. The van der Waals surface area contributed by atoms with Crippen molar-refractivity contribution in [3.8, 4) is 5.88 Å². The largest absolute Gasteiger partial charge is 0.477 e. The third kappa shape index (κ3) is 4.25. The topological polar surface area (TPSA) is 47.9 Å². The SMILES string of the molecule is Cc1ccc(C2CC2COc2nc(C)ncc2C2CCC(F)(F)CC2)nc1. The molecule has 2 aliphatic rings. The van der Waals surface area contributed by atoms with Crippen molar-refractivity contribution in [2.45, 2.75) is 63.7 Å². The lowest BCUT2D eigenvalue weighted by Gasteiger charge is -2.29. The number of rotatable bonds is 5. The second-order valence-corrected chi connectivity index (χ2v) is 7.98. The van der Waals surface area contributed by atoms with Crippen LogP contribution in [0.15, 0.2) is 24.5 Å². The van der Waals surface area contributed by atoms with E-state index in [-0.39, 0.29) is 18.8 Å². The van der Waals surface area contributed by atoms with Crippen molar-refractivity contribution in [1.82, 2.24) is 15.0 Å². The smallest absolute Gasteiger partial charge is 0.248 e. The van der Waals surface area contributed by atoms with Gasteiger partial charge in [-0.05, 0) is 50.7 Å². The molecule has 2 saturated carbocycles. The minimum Gasteiger partial charge on any atom is -0.477 e. The average Bonchev–Trinajstić information content (AvgIpc) is 3.41. The number of nitrogens with zero attached hydrogens (tertiary/aromatic N) is 3. The number of aryl methyl sites for hydroxylation is 2. The molecule has 4 nitrogen and oxygen atoms in total. The highest BCUT2D eigenvalue weighted by Crippen LogP contribution is 2.47. The molecule has 4 rings (SSSR count). The highest BCUT2D eigenvalue weighted by Gasteiger charge is 2.41. The predicted molar refractivity (Wildman–Crippen MR) is 98.2 cm³/mol. The molecule has 27 heavy (non-hydrogen) atoms. The molecule has 6 heteroatoms. The molecule has 0 bridgehead atoms. The minimum absolute atomic E-state index is 0.0500. The third-order valence-electron chi connectivity index (χ3n) is 5.73. The number of ether oxygens (including phenoxy) is 1. The van der Waals surface area contributed by atoms with Crippen LogP contribution in [-0.2, 0) is 0 Å². The molecule has 2 aromatic rings. The molecule has 0 aromatic carbocycles. The van der Waals surface area contributed by atoms with Crippen molar-refractivity contribution in [1.29, 1.82) is 0 Å². The highest BCUT2D eigenvalue weighted by atomic mass is 19.3. The van der Waals surface area contributed by atoms with Gasteiger partial charge in [-0.25, -0.2) is 13.8 Å². The summed E-state index contributed by atoms with van der Waals surface area (Å²) in [6.45, 7) is 4.43. The molecular formula is C21H25F2N3O. The summed E-state index contributed by atoms with van der Waals surface area (Å²) in [6.07, 6.45) is 5.48. The van der Waals surface area contributed by atoms with Crippen molar-refractivity contribution in [3.05, 3.63) is 47.2 Å². The van der Waals surface area contributed by atoms with E-state index in [1.54, 1.807) is 6.20 Å². The fourth-order valence-electron chi connectivity index (χ4n) is 3.88. The Morgan fingerprint density at radius 2 is 1.89 bits per heavy atom. The number of halogens is 2. The Morgan fingerprint density at radius 3 is 2.59 bits per heavy atom. The second kappa shape index (κ2) is 7.13. The van der Waals surface area contributed by atoms with E-state index in [0.717, 1.165) is 23.2 Å². The fraction of sp³-hybridized carbons (Fsp3) is 0.571. The van der Waals surface area contributed by atoms with Crippen LogP contribution in [0.4, 0.5) is 8.78 Å². The summed E-state index contributed by atoms with van der Waals surface area (Å²) in [5.41, 5.74) is 3.15. The molecule has 0 aliphatic heterocycles. The maximum absolute atomic E-state index is 13.5. The molecule has 2 heterocycles. The molecule has 2 aromatic heterocycles. The van der Waals surface area contributed by atoms with E-state index in [9.17, 15) is 8.78 Å². The molecule has 2 aliphatic carbocycles.